The van der Waals surface area contributed by atoms with Gasteiger partial charge in [-0.15, -0.1) is 0 Å². The fraction of sp³-hybridized carbons (Fsp3) is 0.533. The van der Waals surface area contributed by atoms with Crippen LogP contribution in [0.3, 0.4) is 0 Å². The normalized spacial score (nSPS) is 22.8. The maximum Gasteiger partial charge on any atom is 0.253 e. The van der Waals surface area contributed by atoms with Crippen LogP contribution in [0.5, 0.6) is 0 Å². The van der Waals surface area contributed by atoms with E-state index in [1.54, 1.807) is 19.2 Å². The van der Waals surface area contributed by atoms with Crippen LogP contribution in [0.25, 0.3) is 0 Å². The summed E-state index contributed by atoms with van der Waals surface area (Å²) in [6.07, 6.45) is 4.80. The second-order valence-electron chi connectivity index (χ2n) is 5.49. The lowest BCUT2D eigenvalue weighted by Gasteiger charge is -2.28. The van der Waals surface area contributed by atoms with Crippen LogP contribution in [0.15, 0.2) is 18.2 Å². The molecule has 0 aromatic heterocycles. The lowest BCUT2D eigenvalue weighted by atomic mass is 9.87. The highest BCUT2D eigenvalue weighted by Gasteiger charge is 2.20. The predicted octanol–water partition coefficient (Wildman–Crippen LogP) is 2.62. The average Bonchev–Trinajstić information content (AvgIpc) is 2.41. The van der Waals surface area contributed by atoms with Gasteiger partial charge < -0.3 is 16.4 Å². The molecule has 1 aromatic carbocycles. The number of carbonyl (C=O) groups excluding carboxylic acids is 1. The van der Waals surface area contributed by atoms with Crippen LogP contribution in [0.1, 0.15) is 43.0 Å². The van der Waals surface area contributed by atoms with Crippen LogP contribution in [0, 0.1) is 5.92 Å². The van der Waals surface area contributed by atoms with Gasteiger partial charge in [0.25, 0.3) is 5.91 Å². The molecular weight excluding hydrogens is 238 g/mol. The Morgan fingerprint density at radius 3 is 2.58 bits per heavy atom. The van der Waals surface area contributed by atoms with Crippen molar-refractivity contribution in [2.45, 2.75) is 38.6 Å². The summed E-state index contributed by atoms with van der Waals surface area (Å²) >= 11 is 0. The van der Waals surface area contributed by atoms with Crippen LogP contribution in [-0.4, -0.2) is 19.0 Å². The van der Waals surface area contributed by atoms with E-state index in [0.717, 1.165) is 24.4 Å². The van der Waals surface area contributed by atoms with Crippen molar-refractivity contribution in [2.75, 3.05) is 18.1 Å². The third-order valence-corrected chi connectivity index (χ3v) is 3.89. The van der Waals surface area contributed by atoms with Crippen molar-refractivity contribution in [1.82, 2.24) is 5.32 Å². The first-order chi connectivity index (χ1) is 9.10. The minimum atomic E-state index is -0.0772. The molecule has 0 unspecified atom stereocenters. The highest BCUT2D eigenvalue weighted by Crippen LogP contribution is 2.28. The van der Waals surface area contributed by atoms with E-state index < -0.39 is 0 Å². The third kappa shape index (κ3) is 3.40. The summed E-state index contributed by atoms with van der Waals surface area (Å²) in [5.41, 5.74) is 8.01. The van der Waals surface area contributed by atoms with Gasteiger partial charge in [0, 0.05) is 24.5 Å². The molecule has 1 saturated carbocycles. The Hall–Kier alpha value is -1.71. The fourth-order valence-corrected chi connectivity index (χ4v) is 2.64. The topological polar surface area (TPSA) is 67.2 Å². The first kappa shape index (κ1) is 13.7. The van der Waals surface area contributed by atoms with Gasteiger partial charge in [-0.1, -0.05) is 6.92 Å². The molecule has 0 heterocycles. The van der Waals surface area contributed by atoms with Crippen molar-refractivity contribution in [3.63, 3.8) is 0 Å². The molecule has 2 rings (SSSR count). The zero-order valence-electron chi connectivity index (χ0n) is 11.7. The number of rotatable bonds is 3. The van der Waals surface area contributed by atoms with Gasteiger partial charge in [0.05, 0.1) is 5.56 Å². The SMILES string of the molecule is CNC(=O)c1ccc(N)cc1NC1CCC(C)CC1. The number of benzene rings is 1. The van der Waals surface area contributed by atoms with E-state index in [-0.39, 0.29) is 5.91 Å². The van der Waals surface area contributed by atoms with E-state index in [1.165, 1.54) is 12.8 Å². The van der Waals surface area contributed by atoms with Crippen molar-refractivity contribution < 1.29 is 4.79 Å². The van der Waals surface area contributed by atoms with Gasteiger partial charge in [0.2, 0.25) is 0 Å². The summed E-state index contributed by atoms with van der Waals surface area (Å²) in [6, 6.07) is 5.84. The molecule has 4 nitrogen and oxygen atoms in total. The zero-order valence-corrected chi connectivity index (χ0v) is 11.7. The quantitative estimate of drug-likeness (QED) is 0.733. The first-order valence-electron chi connectivity index (χ1n) is 6.98. The van der Waals surface area contributed by atoms with E-state index in [1.807, 2.05) is 6.07 Å². The minimum Gasteiger partial charge on any atom is -0.399 e. The van der Waals surface area contributed by atoms with Crippen molar-refractivity contribution in [2.24, 2.45) is 5.92 Å². The Morgan fingerprint density at radius 2 is 1.95 bits per heavy atom. The van der Waals surface area contributed by atoms with E-state index in [0.29, 0.717) is 17.3 Å². The van der Waals surface area contributed by atoms with Gasteiger partial charge in [-0.05, 0) is 49.8 Å². The van der Waals surface area contributed by atoms with Gasteiger partial charge in [0.1, 0.15) is 0 Å². The first-order valence-corrected chi connectivity index (χ1v) is 6.98. The number of nitrogens with one attached hydrogen (secondary N) is 2. The minimum absolute atomic E-state index is 0.0772. The lowest BCUT2D eigenvalue weighted by Crippen LogP contribution is -2.27. The van der Waals surface area contributed by atoms with Gasteiger partial charge in [-0.2, -0.15) is 0 Å². The maximum atomic E-state index is 11.8. The summed E-state index contributed by atoms with van der Waals surface area (Å²) in [6.45, 7) is 2.30. The van der Waals surface area contributed by atoms with Gasteiger partial charge in [-0.25, -0.2) is 0 Å². The van der Waals surface area contributed by atoms with E-state index in [2.05, 4.69) is 17.6 Å². The molecule has 0 spiro atoms. The highest BCUT2D eigenvalue weighted by atomic mass is 16.1. The summed E-state index contributed by atoms with van der Waals surface area (Å²) in [4.78, 5) is 11.8. The molecule has 0 atom stereocenters. The molecule has 1 fully saturated rings. The summed E-state index contributed by atoms with van der Waals surface area (Å²) in [5.74, 6) is 0.740. The van der Waals surface area contributed by atoms with Crippen molar-refractivity contribution in [3.05, 3.63) is 23.8 Å². The molecule has 1 amide bonds. The fourth-order valence-electron chi connectivity index (χ4n) is 2.64. The molecule has 0 saturated heterocycles. The molecule has 19 heavy (non-hydrogen) atoms. The van der Waals surface area contributed by atoms with Gasteiger partial charge in [0.15, 0.2) is 0 Å². The Bertz CT molecular complexity index is 451. The molecule has 0 radical (unpaired) electrons. The summed E-state index contributed by atoms with van der Waals surface area (Å²) in [5, 5.41) is 6.15. The van der Waals surface area contributed by atoms with Crippen molar-refractivity contribution in [1.29, 1.82) is 0 Å². The molecule has 0 aliphatic heterocycles. The monoisotopic (exact) mass is 261 g/mol. The smallest absolute Gasteiger partial charge is 0.253 e. The second kappa shape index (κ2) is 5.95. The molecule has 4 N–H and O–H groups in total. The number of carbonyl (C=O) groups is 1. The van der Waals surface area contributed by atoms with Crippen LogP contribution in [-0.2, 0) is 0 Å². The lowest BCUT2D eigenvalue weighted by molar-refractivity contribution is 0.0964. The second-order valence-corrected chi connectivity index (χ2v) is 5.49. The summed E-state index contributed by atoms with van der Waals surface area (Å²) in [7, 11) is 1.64. The largest absolute Gasteiger partial charge is 0.399 e. The molecule has 0 bridgehead atoms. The summed E-state index contributed by atoms with van der Waals surface area (Å²) < 4.78 is 0. The van der Waals surface area contributed by atoms with Crippen LogP contribution < -0.4 is 16.4 Å². The number of hydrogen-bond donors (Lipinski definition) is 3. The highest BCUT2D eigenvalue weighted by molar-refractivity contribution is 6.00. The molecule has 104 valence electrons. The van der Waals surface area contributed by atoms with E-state index >= 15 is 0 Å². The Labute approximate surface area is 114 Å². The number of nitrogen functional groups attached to an aromatic ring is 1. The average molecular weight is 261 g/mol. The Morgan fingerprint density at radius 1 is 1.26 bits per heavy atom. The van der Waals surface area contributed by atoms with Gasteiger partial charge >= 0.3 is 0 Å². The van der Waals surface area contributed by atoms with E-state index in [4.69, 9.17) is 5.73 Å². The molecule has 4 heteroatoms. The molecular formula is C15H23N3O. The molecule has 1 aliphatic rings. The number of hydrogen-bond acceptors (Lipinski definition) is 3. The Kier molecular flexibility index (Phi) is 4.30. The zero-order chi connectivity index (χ0) is 13.8. The van der Waals surface area contributed by atoms with Crippen LogP contribution >= 0.6 is 0 Å². The van der Waals surface area contributed by atoms with Crippen molar-refractivity contribution in [3.8, 4) is 0 Å². The predicted molar refractivity (Wildman–Crippen MR) is 79.3 cm³/mol. The Balaban J connectivity index is 2.14. The maximum absolute atomic E-state index is 11.8. The van der Waals surface area contributed by atoms with Crippen molar-refractivity contribution >= 4 is 17.3 Å². The number of anilines is 2. The van der Waals surface area contributed by atoms with Gasteiger partial charge in [-0.3, -0.25) is 4.79 Å². The number of amides is 1. The van der Waals surface area contributed by atoms with Crippen LogP contribution in [0.4, 0.5) is 11.4 Å². The van der Waals surface area contributed by atoms with Crippen LogP contribution in [0.2, 0.25) is 0 Å². The number of nitrogens with two attached hydrogens (primary N) is 1. The van der Waals surface area contributed by atoms with E-state index in [9.17, 15) is 4.79 Å². The third-order valence-electron chi connectivity index (χ3n) is 3.89. The molecule has 1 aliphatic carbocycles. The molecule has 1 aromatic rings. The standard InChI is InChI=1S/C15H23N3O/c1-10-3-6-12(7-4-10)18-14-9-11(16)5-8-13(14)15(19)17-2/h5,8-10,12,18H,3-4,6-7,16H2,1-2H3,(H,17,19).